The van der Waals surface area contributed by atoms with E-state index < -0.39 is 29.4 Å². The van der Waals surface area contributed by atoms with Gasteiger partial charge in [-0.25, -0.2) is 4.68 Å². The molecule has 3 aliphatic heterocycles. The van der Waals surface area contributed by atoms with Crippen LogP contribution in [0.3, 0.4) is 0 Å². The Balaban J connectivity index is 1.53. The van der Waals surface area contributed by atoms with E-state index >= 15 is 0 Å². The molecule has 0 bridgehead atoms. The average Bonchev–Trinajstić information content (AvgIpc) is 3.47. The molecule has 4 atom stereocenters. The minimum Gasteiger partial charge on any atom is -0.468 e. The Labute approximate surface area is 195 Å². The summed E-state index contributed by atoms with van der Waals surface area (Å²) in [6.45, 7) is 2.18. The normalized spacial score (nSPS) is 27.6. The first-order chi connectivity index (χ1) is 16.5. The molecule has 0 N–H and O–H groups in total. The lowest BCUT2D eigenvalue weighted by molar-refractivity contribution is -0.160. The fourth-order valence-corrected chi connectivity index (χ4v) is 5.99. The molecule has 1 aromatic heterocycles. The summed E-state index contributed by atoms with van der Waals surface area (Å²) in [6, 6.07) is 16.5. The molecular formula is C25H23N5O4. The molecule has 172 valence electrons. The molecule has 3 aliphatic rings. The molecule has 34 heavy (non-hydrogen) atoms. The van der Waals surface area contributed by atoms with Crippen LogP contribution < -0.4 is 0 Å². The highest BCUT2D eigenvalue weighted by Crippen LogP contribution is 2.57. The number of benzene rings is 2. The number of amides is 2. The molecule has 6 rings (SSSR count). The Kier molecular flexibility index (Phi) is 4.47. The predicted molar refractivity (Wildman–Crippen MR) is 119 cm³/mol. The summed E-state index contributed by atoms with van der Waals surface area (Å²) in [5, 5.41) is 8.31. The number of hydrogen-bond donors (Lipinski definition) is 0. The maximum absolute atomic E-state index is 13.9. The monoisotopic (exact) mass is 457 g/mol. The number of fused-ring (bicyclic) bond motifs is 7. The molecule has 3 aromatic rings. The SMILES string of the molecule is COC(=O)[C@@]1(C)[C@H]2C(=O)N(Cc3ccccc3)C(=O)[C@H]2[C@H]2c3ccccc3-n3nncc3CN21. The fourth-order valence-electron chi connectivity index (χ4n) is 5.99. The molecule has 2 fully saturated rings. The number of likely N-dealkylation sites (tertiary alicyclic amines) is 1. The molecule has 0 radical (unpaired) electrons. The molecule has 2 amide bonds. The summed E-state index contributed by atoms with van der Waals surface area (Å²) < 4.78 is 6.97. The molecular weight excluding hydrogens is 434 g/mol. The zero-order valence-electron chi connectivity index (χ0n) is 18.8. The summed E-state index contributed by atoms with van der Waals surface area (Å²) in [7, 11) is 1.32. The van der Waals surface area contributed by atoms with E-state index in [1.165, 1.54) is 12.0 Å². The second-order valence-electron chi connectivity index (χ2n) is 9.16. The van der Waals surface area contributed by atoms with E-state index in [1.807, 2.05) is 59.5 Å². The summed E-state index contributed by atoms with van der Waals surface area (Å²) in [4.78, 5) is 44.3. The number of nitrogens with zero attached hydrogens (tertiary/aromatic N) is 5. The van der Waals surface area contributed by atoms with Gasteiger partial charge < -0.3 is 4.74 Å². The number of para-hydroxylation sites is 1. The van der Waals surface area contributed by atoms with E-state index in [0.717, 1.165) is 22.5 Å². The number of methoxy groups -OCH3 is 1. The first-order valence-corrected chi connectivity index (χ1v) is 11.2. The highest BCUT2D eigenvalue weighted by Gasteiger charge is 2.71. The topological polar surface area (TPSA) is 97.6 Å². The van der Waals surface area contributed by atoms with E-state index in [1.54, 1.807) is 17.8 Å². The van der Waals surface area contributed by atoms with Gasteiger partial charge in [0, 0.05) is 6.54 Å². The molecule has 0 spiro atoms. The van der Waals surface area contributed by atoms with E-state index in [4.69, 9.17) is 4.74 Å². The zero-order valence-corrected chi connectivity index (χ0v) is 18.8. The number of hydrogen-bond acceptors (Lipinski definition) is 7. The van der Waals surface area contributed by atoms with E-state index in [2.05, 4.69) is 10.3 Å². The molecule has 2 saturated heterocycles. The predicted octanol–water partition coefficient (Wildman–Crippen LogP) is 1.87. The zero-order chi connectivity index (χ0) is 23.6. The van der Waals surface area contributed by atoms with Gasteiger partial charge in [-0.05, 0) is 24.1 Å². The van der Waals surface area contributed by atoms with Gasteiger partial charge in [-0.3, -0.25) is 24.2 Å². The van der Waals surface area contributed by atoms with Gasteiger partial charge in [-0.2, -0.15) is 0 Å². The minimum absolute atomic E-state index is 0.169. The lowest BCUT2D eigenvalue weighted by atomic mass is 9.80. The number of carbonyl (C=O) groups is 3. The van der Waals surface area contributed by atoms with E-state index in [-0.39, 0.29) is 18.4 Å². The first kappa shape index (κ1) is 20.7. The second-order valence-corrected chi connectivity index (χ2v) is 9.16. The third-order valence-corrected chi connectivity index (χ3v) is 7.54. The second kappa shape index (κ2) is 7.33. The van der Waals surface area contributed by atoms with Crippen molar-refractivity contribution in [1.29, 1.82) is 0 Å². The lowest BCUT2D eigenvalue weighted by Gasteiger charge is -2.38. The van der Waals surface area contributed by atoms with Crippen LogP contribution in [0.2, 0.25) is 0 Å². The maximum Gasteiger partial charge on any atom is 0.326 e. The van der Waals surface area contributed by atoms with Crippen molar-refractivity contribution < 1.29 is 19.1 Å². The average molecular weight is 457 g/mol. The van der Waals surface area contributed by atoms with Gasteiger partial charge >= 0.3 is 5.97 Å². The Morgan fingerprint density at radius 2 is 1.82 bits per heavy atom. The minimum atomic E-state index is -1.34. The van der Waals surface area contributed by atoms with Crippen LogP contribution in [0.5, 0.6) is 0 Å². The molecule has 9 heteroatoms. The van der Waals surface area contributed by atoms with Crippen molar-refractivity contribution in [2.75, 3.05) is 7.11 Å². The Morgan fingerprint density at radius 3 is 2.59 bits per heavy atom. The number of ether oxygens (including phenoxy) is 1. The molecule has 0 unspecified atom stereocenters. The third-order valence-electron chi connectivity index (χ3n) is 7.54. The van der Waals surface area contributed by atoms with Crippen LogP contribution in [0.4, 0.5) is 0 Å². The number of carbonyl (C=O) groups excluding carboxylic acids is 3. The fraction of sp³-hybridized carbons (Fsp3) is 0.320. The van der Waals surface area contributed by atoms with Crippen LogP contribution in [-0.4, -0.2) is 55.2 Å². The van der Waals surface area contributed by atoms with Crippen molar-refractivity contribution in [3.63, 3.8) is 0 Å². The summed E-state index contributed by atoms with van der Waals surface area (Å²) in [5.74, 6) is -2.74. The Morgan fingerprint density at radius 1 is 1.09 bits per heavy atom. The molecule has 4 heterocycles. The van der Waals surface area contributed by atoms with Crippen molar-refractivity contribution in [3.05, 3.63) is 77.6 Å². The highest BCUT2D eigenvalue weighted by molar-refractivity contribution is 6.09. The summed E-state index contributed by atoms with van der Waals surface area (Å²) >= 11 is 0. The van der Waals surface area contributed by atoms with Crippen molar-refractivity contribution >= 4 is 17.8 Å². The van der Waals surface area contributed by atoms with Gasteiger partial charge in [-0.15, -0.1) is 5.10 Å². The van der Waals surface area contributed by atoms with Crippen molar-refractivity contribution in [2.45, 2.75) is 31.6 Å². The van der Waals surface area contributed by atoms with Crippen LogP contribution in [0.15, 0.2) is 60.8 Å². The maximum atomic E-state index is 13.9. The molecule has 0 saturated carbocycles. The molecule has 0 aliphatic carbocycles. The molecule has 2 aromatic carbocycles. The van der Waals surface area contributed by atoms with E-state index in [0.29, 0.717) is 6.54 Å². The third kappa shape index (κ3) is 2.61. The first-order valence-electron chi connectivity index (χ1n) is 11.2. The van der Waals surface area contributed by atoms with Crippen LogP contribution in [0, 0.1) is 11.8 Å². The van der Waals surface area contributed by atoms with Gasteiger partial charge in [0.05, 0.1) is 49.1 Å². The highest BCUT2D eigenvalue weighted by atomic mass is 16.5. The van der Waals surface area contributed by atoms with Gasteiger partial charge in [0.25, 0.3) is 0 Å². The van der Waals surface area contributed by atoms with Gasteiger partial charge in [0.2, 0.25) is 11.8 Å². The number of imide groups is 1. The molecule has 9 nitrogen and oxygen atoms in total. The number of rotatable bonds is 3. The summed E-state index contributed by atoms with van der Waals surface area (Å²) in [6.07, 6.45) is 1.65. The standard InChI is InChI=1S/C25H23N5O4/c1-25(24(33)34-2)20-19(22(31)28(23(20)32)13-15-8-4-3-5-9-15)21-17-10-6-7-11-18(17)30-16(12-26-27-30)14-29(21)25/h3-12,19-21H,13-14H2,1-2H3/t19-,20-,21-,25-/m1/s1. The number of esters is 1. The van der Waals surface area contributed by atoms with Gasteiger partial charge in [0.15, 0.2) is 0 Å². The van der Waals surface area contributed by atoms with Crippen molar-refractivity contribution in [3.8, 4) is 5.69 Å². The smallest absolute Gasteiger partial charge is 0.326 e. The van der Waals surface area contributed by atoms with Crippen LogP contribution in [0.25, 0.3) is 5.69 Å². The largest absolute Gasteiger partial charge is 0.468 e. The van der Waals surface area contributed by atoms with Crippen LogP contribution in [0.1, 0.15) is 29.8 Å². The number of aromatic nitrogens is 3. The quantitative estimate of drug-likeness (QED) is 0.437. The van der Waals surface area contributed by atoms with Crippen LogP contribution >= 0.6 is 0 Å². The van der Waals surface area contributed by atoms with Gasteiger partial charge in [-0.1, -0.05) is 53.7 Å². The Hall–Kier alpha value is -3.85. The van der Waals surface area contributed by atoms with Crippen molar-refractivity contribution in [1.82, 2.24) is 24.8 Å². The van der Waals surface area contributed by atoms with Crippen molar-refractivity contribution in [2.24, 2.45) is 11.8 Å². The Bertz CT molecular complexity index is 1320. The van der Waals surface area contributed by atoms with Gasteiger partial charge in [0.1, 0.15) is 5.54 Å². The summed E-state index contributed by atoms with van der Waals surface area (Å²) in [5.41, 5.74) is 1.91. The lowest BCUT2D eigenvalue weighted by Crippen LogP contribution is -2.55. The van der Waals surface area contributed by atoms with Crippen LogP contribution in [-0.2, 0) is 32.2 Å². The van der Waals surface area contributed by atoms with E-state index in [9.17, 15) is 14.4 Å².